The van der Waals surface area contributed by atoms with Gasteiger partial charge in [0.25, 0.3) is 5.91 Å². The monoisotopic (exact) mass is 411 g/mol. The first-order valence-corrected chi connectivity index (χ1v) is 10.1. The molecule has 0 fully saturated rings. The highest BCUT2D eigenvalue weighted by molar-refractivity contribution is 7.15. The number of nitrogens with one attached hydrogen (secondary N) is 2. The van der Waals surface area contributed by atoms with Crippen molar-refractivity contribution < 1.29 is 14.0 Å². The number of aromatic nitrogens is 1. The summed E-state index contributed by atoms with van der Waals surface area (Å²) in [4.78, 5) is 30.4. The largest absolute Gasteiger partial charge is 0.340 e. The first-order chi connectivity index (χ1) is 13.9. The lowest BCUT2D eigenvalue weighted by atomic mass is 10.0. The Hall–Kier alpha value is -3.06. The fraction of sp³-hybridized carbons (Fsp3) is 0.227. The molecule has 1 unspecified atom stereocenters. The van der Waals surface area contributed by atoms with E-state index >= 15 is 0 Å². The van der Waals surface area contributed by atoms with Crippen molar-refractivity contribution in [2.75, 3.05) is 5.32 Å². The third kappa shape index (κ3) is 5.71. The zero-order valence-corrected chi connectivity index (χ0v) is 17.0. The molecular formula is C22H22FN3O2S. The smallest absolute Gasteiger partial charge is 0.251 e. The number of hydrogen-bond donors (Lipinski definition) is 2. The zero-order valence-electron chi connectivity index (χ0n) is 16.2. The van der Waals surface area contributed by atoms with Crippen LogP contribution in [0.25, 0.3) is 0 Å². The fourth-order valence-corrected chi connectivity index (χ4v) is 3.64. The molecule has 0 spiro atoms. The van der Waals surface area contributed by atoms with Crippen molar-refractivity contribution in [3.63, 3.8) is 0 Å². The number of hydrogen-bond acceptors (Lipinski definition) is 4. The van der Waals surface area contributed by atoms with Crippen molar-refractivity contribution in [2.24, 2.45) is 5.92 Å². The van der Waals surface area contributed by atoms with E-state index in [1.807, 2.05) is 44.2 Å². The summed E-state index contributed by atoms with van der Waals surface area (Å²) in [5.74, 6) is -1.32. The Morgan fingerprint density at radius 3 is 2.41 bits per heavy atom. The van der Waals surface area contributed by atoms with E-state index in [1.165, 1.54) is 41.2 Å². The molecule has 0 aliphatic heterocycles. The maximum atomic E-state index is 13.0. The fourth-order valence-electron chi connectivity index (χ4n) is 2.79. The van der Waals surface area contributed by atoms with Gasteiger partial charge in [0.2, 0.25) is 5.91 Å². The van der Waals surface area contributed by atoms with Gasteiger partial charge < -0.3 is 10.6 Å². The Labute approximate surface area is 173 Å². The molecule has 2 amide bonds. The van der Waals surface area contributed by atoms with Crippen LogP contribution in [0.5, 0.6) is 0 Å². The summed E-state index contributed by atoms with van der Waals surface area (Å²) in [5, 5.41) is 6.00. The zero-order chi connectivity index (χ0) is 20.8. The van der Waals surface area contributed by atoms with Crippen LogP contribution in [0.4, 0.5) is 9.52 Å². The molecule has 0 aliphatic rings. The molecule has 3 aromatic rings. The first kappa shape index (κ1) is 20.7. The van der Waals surface area contributed by atoms with Crippen LogP contribution in [-0.2, 0) is 11.2 Å². The molecule has 3 rings (SSSR count). The summed E-state index contributed by atoms with van der Waals surface area (Å²) in [5.41, 5.74) is 1.46. The van der Waals surface area contributed by atoms with Crippen LogP contribution in [0.15, 0.2) is 60.8 Å². The highest BCUT2D eigenvalue weighted by Gasteiger charge is 2.25. The number of anilines is 1. The van der Waals surface area contributed by atoms with Crippen molar-refractivity contribution in [3.8, 4) is 0 Å². The van der Waals surface area contributed by atoms with Gasteiger partial charge in [-0.1, -0.05) is 44.2 Å². The van der Waals surface area contributed by atoms with Crippen LogP contribution in [0.1, 0.15) is 34.6 Å². The summed E-state index contributed by atoms with van der Waals surface area (Å²) < 4.78 is 13.0. The third-order valence-electron chi connectivity index (χ3n) is 4.35. The minimum absolute atomic E-state index is 0.136. The highest BCUT2D eigenvalue weighted by Crippen LogP contribution is 2.21. The molecule has 7 heteroatoms. The quantitative estimate of drug-likeness (QED) is 0.610. The third-order valence-corrected chi connectivity index (χ3v) is 5.26. The molecule has 0 bridgehead atoms. The van der Waals surface area contributed by atoms with Gasteiger partial charge in [0.15, 0.2) is 5.13 Å². The van der Waals surface area contributed by atoms with E-state index in [0.29, 0.717) is 10.7 Å². The molecular weight excluding hydrogens is 389 g/mol. The number of thiazole rings is 1. The van der Waals surface area contributed by atoms with Gasteiger partial charge in [0.1, 0.15) is 11.9 Å². The maximum absolute atomic E-state index is 13.0. The van der Waals surface area contributed by atoms with E-state index in [1.54, 1.807) is 6.20 Å². The number of nitrogens with zero attached hydrogens (tertiary/aromatic N) is 1. The maximum Gasteiger partial charge on any atom is 0.251 e. The van der Waals surface area contributed by atoms with E-state index in [4.69, 9.17) is 0 Å². The molecule has 1 heterocycles. The van der Waals surface area contributed by atoms with Crippen molar-refractivity contribution in [1.82, 2.24) is 10.3 Å². The minimum Gasteiger partial charge on any atom is -0.340 e. The SMILES string of the molecule is CC(C)C(NC(=O)c1ccc(F)cc1)C(=O)Nc1ncc(Cc2ccccc2)s1. The van der Waals surface area contributed by atoms with Crippen molar-refractivity contribution in [2.45, 2.75) is 26.3 Å². The molecule has 0 saturated carbocycles. The van der Waals surface area contributed by atoms with Crippen LogP contribution in [-0.4, -0.2) is 22.8 Å². The Bertz CT molecular complexity index is 971. The number of carbonyl (C=O) groups is 2. The van der Waals surface area contributed by atoms with Gasteiger partial charge in [-0.2, -0.15) is 0 Å². The van der Waals surface area contributed by atoms with Crippen LogP contribution < -0.4 is 10.6 Å². The Morgan fingerprint density at radius 2 is 1.76 bits per heavy atom. The predicted molar refractivity (Wildman–Crippen MR) is 112 cm³/mol. The number of halogens is 1. The van der Waals surface area contributed by atoms with Crippen LogP contribution >= 0.6 is 11.3 Å². The minimum atomic E-state index is -0.742. The summed E-state index contributed by atoms with van der Waals surface area (Å²) in [7, 11) is 0. The van der Waals surface area contributed by atoms with E-state index < -0.39 is 17.8 Å². The van der Waals surface area contributed by atoms with Gasteiger partial charge >= 0.3 is 0 Å². The first-order valence-electron chi connectivity index (χ1n) is 9.28. The Morgan fingerprint density at radius 1 is 1.07 bits per heavy atom. The van der Waals surface area contributed by atoms with E-state index in [9.17, 15) is 14.0 Å². The second-order valence-electron chi connectivity index (χ2n) is 6.99. The van der Waals surface area contributed by atoms with Gasteiger partial charge in [-0.15, -0.1) is 11.3 Å². The van der Waals surface area contributed by atoms with Crippen LogP contribution in [0.3, 0.4) is 0 Å². The Kier molecular flexibility index (Phi) is 6.72. The molecule has 150 valence electrons. The van der Waals surface area contributed by atoms with Crippen molar-refractivity contribution in [3.05, 3.63) is 82.6 Å². The number of carbonyl (C=O) groups excluding carboxylic acids is 2. The molecule has 5 nitrogen and oxygen atoms in total. The average molecular weight is 412 g/mol. The molecule has 0 aliphatic carbocycles. The Balaban J connectivity index is 1.64. The number of amides is 2. The van der Waals surface area contributed by atoms with Crippen LogP contribution in [0.2, 0.25) is 0 Å². The van der Waals surface area contributed by atoms with Gasteiger partial charge in [-0.05, 0) is 35.7 Å². The van der Waals surface area contributed by atoms with E-state index in [-0.39, 0.29) is 11.8 Å². The lowest BCUT2D eigenvalue weighted by Crippen LogP contribution is -2.47. The van der Waals surface area contributed by atoms with Crippen molar-refractivity contribution in [1.29, 1.82) is 0 Å². The van der Waals surface area contributed by atoms with Crippen LogP contribution in [0, 0.1) is 11.7 Å². The molecule has 2 aromatic carbocycles. The van der Waals surface area contributed by atoms with E-state index in [0.717, 1.165) is 11.3 Å². The number of rotatable bonds is 7. The second-order valence-corrected chi connectivity index (χ2v) is 8.10. The second kappa shape index (κ2) is 9.43. The molecule has 1 aromatic heterocycles. The van der Waals surface area contributed by atoms with Gasteiger partial charge in [-0.25, -0.2) is 9.37 Å². The normalized spacial score (nSPS) is 11.9. The lowest BCUT2D eigenvalue weighted by molar-refractivity contribution is -0.118. The standard InChI is InChI=1S/C22H22FN3O2S/c1-14(2)19(25-20(27)16-8-10-17(23)11-9-16)21(28)26-22-24-13-18(29-22)12-15-6-4-3-5-7-15/h3-11,13-14,19H,12H2,1-2H3,(H,25,27)(H,24,26,28). The molecule has 29 heavy (non-hydrogen) atoms. The summed E-state index contributed by atoms with van der Waals surface area (Å²) in [6.45, 7) is 3.69. The van der Waals surface area contributed by atoms with E-state index in [2.05, 4.69) is 15.6 Å². The molecule has 0 radical (unpaired) electrons. The van der Waals surface area contributed by atoms with Gasteiger partial charge in [0.05, 0.1) is 0 Å². The molecule has 1 atom stereocenters. The topological polar surface area (TPSA) is 71.1 Å². The predicted octanol–water partition coefficient (Wildman–Crippen LogP) is 4.27. The molecule has 2 N–H and O–H groups in total. The van der Waals surface area contributed by atoms with Crippen molar-refractivity contribution >= 4 is 28.3 Å². The highest BCUT2D eigenvalue weighted by atomic mass is 32.1. The van der Waals surface area contributed by atoms with Gasteiger partial charge in [-0.3, -0.25) is 9.59 Å². The lowest BCUT2D eigenvalue weighted by Gasteiger charge is -2.21. The number of benzene rings is 2. The summed E-state index contributed by atoms with van der Waals surface area (Å²) >= 11 is 1.40. The summed E-state index contributed by atoms with van der Waals surface area (Å²) in [6.07, 6.45) is 2.48. The summed E-state index contributed by atoms with van der Waals surface area (Å²) in [6, 6.07) is 14.5. The van der Waals surface area contributed by atoms with Gasteiger partial charge in [0, 0.05) is 23.1 Å². The average Bonchev–Trinajstić information content (AvgIpc) is 3.13. The molecule has 0 saturated heterocycles.